The molecule has 2 rings (SSSR count). The second kappa shape index (κ2) is 4.85. The van der Waals surface area contributed by atoms with Crippen LogP contribution >= 0.6 is 0 Å². The van der Waals surface area contributed by atoms with Crippen LogP contribution in [0.15, 0.2) is 24.3 Å². The molecule has 0 aliphatic rings. The Labute approximate surface area is 86.2 Å². The van der Waals surface area contributed by atoms with Crippen molar-refractivity contribution in [2.45, 2.75) is 34.1 Å². The molecule has 0 fully saturated rings. The first kappa shape index (κ1) is 10.8. The van der Waals surface area contributed by atoms with Crippen molar-refractivity contribution < 1.29 is 0 Å². The molecule has 0 bridgehead atoms. The van der Waals surface area contributed by atoms with Gasteiger partial charge in [0.15, 0.2) is 0 Å². The van der Waals surface area contributed by atoms with Crippen LogP contribution in [0.25, 0.3) is 10.9 Å². The predicted molar refractivity (Wildman–Crippen MR) is 63.7 cm³/mol. The quantitative estimate of drug-likeness (QED) is 0.639. The van der Waals surface area contributed by atoms with Crippen LogP contribution in [-0.4, -0.2) is 4.98 Å². The summed E-state index contributed by atoms with van der Waals surface area (Å²) in [5.41, 5.74) is 3.77. The Balaban J connectivity index is 0.000000293. The highest BCUT2D eigenvalue weighted by Gasteiger charge is 1.95. The van der Waals surface area contributed by atoms with Crippen LogP contribution in [0.5, 0.6) is 0 Å². The Kier molecular flexibility index (Phi) is 3.75. The van der Waals surface area contributed by atoms with Crippen LogP contribution in [0, 0.1) is 13.8 Å². The molecule has 1 nitrogen and oxygen atoms in total. The summed E-state index contributed by atoms with van der Waals surface area (Å²) in [6, 6.07) is 8.61. The lowest BCUT2D eigenvalue weighted by molar-refractivity contribution is 1.09. The normalized spacial score (nSPS) is 9.71. The molecule has 0 saturated carbocycles. The van der Waals surface area contributed by atoms with Crippen LogP contribution in [0.3, 0.4) is 0 Å². The Morgan fingerprint density at radius 1 is 1.07 bits per heavy atom. The Morgan fingerprint density at radius 3 is 2.36 bits per heavy atom. The van der Waals surface area contributed by atoms with Gasteiger partial charge in [-0.2, -0.15) is 0 Å². The molecule has 14 heavy (non-hydrogen) atoms. The van der Waals surface area contributed by atoms with Crippen LogP contribution < -0.4 is 0 Å². The van der Waals surface area contributed by atoms with E-state index in [9.17, 15) is 0 Å². The summed E-state index contributed by atoms with van der Waals surface area (Å²) in [5.74, 6) is 0. The number of aromatic amines is 1. The third-order valence-electron chi connectivity index (χ3n) is 1.91. The van der Waals surface area contributed by atoms with Crippen molar-refractivity contribution in [2.24, 2.45) is 0 Å². The van der Waals surface area contributed by atoms with Gasteiger partial charge in [0, 0.05) is 11.2 Å². The number of fused-ring (bicyclic) bond motifs is 1. The highest BCUT2D eigenvalue weighted by molar-refractivity contribution is 5.80. The maximum atomic E-state index is 3.29. The summed E-state index contributed by atoms with van der Waals surface area (Å²) in [7, 11) is 0. The fourth-order valence-electron chi connectivity index (χ4n) is 1.40. The molecule has 1 heteroatoms. The number of aromatic nitrogens is 1. The molecule has 0 unspecified atom stereocenters. The number of nitrogens with one attached hydrogen (secondary N) is 1. The monoisotopic (exact) mass is 189 g/mol. The summed E-state index contributed by atoms with van der Waals surface area (Å²) < 4.78 is 0. The van der Waals surface area contributed by atoms with Crippen LogP contribution in [0.4, 0.5) is 0 Å². The SMILES string of the molecule is CCC.Cc1ccc2[nH]c(C)cc2c1. The molecule has 1 heterocycles. The van der Waals surface area contributed by atoms with Crippen molar-refractivity contribution in [1.82, 2.24) is 4.98 Å². The largest absolute Gasteiger partial charge is 0.359 e. The molecule has 0 aliphatic heterocycles. The van der Waals surface area contributed by atoms with Gasteiger partial charge in [-0.25, -0.2) is 0 Å². The summed E-state index contributed by atoms with van der Waals surface area (Å²) in [6.07, 6.45) is 1.25. The Bertz CT molecular complexity index is 399. The van der Waals surface area contributed by atoms with Gasteiger partial charge in [0.05, 0.1) is 0 Å². The van der Waals surface area contributed by atoms with E-state index in [4.69, 9.17) is 0 Å². The van der Waals surface area contributed by atoms with E-state index < -0.39 is 0 Å². The predicted octanol–water partition coefficient (Wildman–Crippen LogP) is 4.20. The standard InChI is InChI=1S/C10H11N.C3H8/c1-7-3-4-10-9(5-7)6-8(2)11-10;1-3-2/h3-6,11H,1-2H3;3H2,1-2H3. The third-order valence-corrected chi connectivity index (χ3v) is 1.91. The lowest BCUT2D eigenvalue weighted by Gasteiger charge is -1.90. The first-order chi connectivity index (χ1) is 6.67. The van der Waals surface area contributed by atoms with Gasteiger partial charge in [0.2, 0.25) is 0 Å². The molecule has 0 spiro atoms. The lowest BCUT2D eigenvalue weighted by atomic mass is 10.2. The number of benzene rings is 1. The smallest absolute Gasteiger partial charge is 0.0456 e. The van der Waals surface area contributed by atoms with E-state index in [1.165, 1.54) is 28.6 Å². The molecule has 2 aromatic rings. The van der Waals surface area contributed by atoms with Crippen molar-refractivity contribution in [3.63, 3.8) is 0 Å². The summed E-state index contributed by atoms with van der Waals surface area (Å²) >= 11 is 0. The molecule has 0 aliphatic carbocycles. The minimum Gasteiger partial charge on any atom is -0.359 e. The van der Waals surface area contributed by atoms with Crippen LogP contribution in [-0.2, 0) is 0 Å². The maximum absolute atomic E-state index is 3.29. The summed E-state index contributed by atoms with van der Waals surface area (Å²) in [6.45, 7) is 8.44. The molecule has 0 radical (unpaired) electrons. The highest BCUT2D eigenvalue weighted by Crippen LogP contribution is 2.15. The van der Waals surface area contributed by atoms with Crippen LogP contribution in [0.2, 0.25) is 0 Å². The van der Waals surface area contributed by atoms with Gasteiger partial charge < -0.3 is 4.98 Å². The number of aryl methyl sites for hydroxylation is 2. The zero-order chi connectivity index (χ0) is 10.6. The second-order valence-electron chi connectivity index (χ2n) is 3.75. The van der Waals surface area contributed by atoms with Gasteiger partial charge >= 0.3 is 0 Å². The first-order valence-electron chi connectivity index (χ1n) is 5.23. The van der Waals surface area contributed by atoms with E-state index in [1.807, 2.05) is 0 Å². The van der Waals surface area contributed by atoms with E-state index in [-0.39, 0.29) is 0 Å². The van der Waals surface area contributed by atoms with E-state index in [0.717, 1.165) is 0 Å². The second-order valence-corrected chi connectivity index (χ2v) is 3.75. The minimum absolute atomic E-state index is 1.23. The fourth-order valence-corrected chi connectivity index (χ4v) is 1.40. The van der Waals surface area contributed by atoms with E-state index >= 15 is 0 Å². The van der Waals surface area contributed by atoms with E-state index in [1.54, 1.807) is 0 Å². The van der Waals surface area contributed by atoms with E-state index in [0.29, 0.717) is 0 Å². The number of rotatable bonds is 0. The van der Waals surface area contributed by atoms with Crippen LogP contribution in [0.1, 0.15) is 31.5 Å². The van der Waals surface area contributed by atoms with Gasteiger partial charge in [-0.3, -0.25) is 0 Å². The molecule has 76 valence electrons. The van der Waals surface area contributed by atoms with Gasteiger partial charge in [0.1, 0.15) is 0 Å². The molecular weight excluding hydrogens is 170 g/mol. The van der Waals surface area contributed by atoms with Crippen molar-refractivity contribution in [3.8, 4) is 0 Å². The third kappa shape index (κ3) is 2.63. The topological polar surface area (TPSA) is 15.8 Å². The average molecular weight is 189 g/mol. The van der Waals surface area contributed by atoms with Gasteiger partial charge in [0.25, 0.3) is 0 Å². The first-order valence-corrected chi connectivity index (χ1v) is 5.23. The van der Waals surface area contributed by atoms with E-state index in [2.05, 4.69) is 56.9 Å². The molecule has 0 saturated heterocycles. The fraction of sp³-hybridized carbons (Fsp3) is 0.385. The summed E-state index contributed by atoms with van der Waals surface area (Å²) in [5, 5.41) is 1.31. The number of H-pyrrole nitrogens is 1. The molecule has 1 aromatic carbocycles. The zero-order valence-electron chi connectivity index (χ0n) is 9.52. The average Bonchev–Trinajstić information content (AvgIpc) is 2.45. The Hall–Kier alpha value is -1.24. The van der Waals surface area contributed by atoms with Gasteiger partial charge in [-0.15, -0.1) is 0 Å². The van der Waals surface area contributed by atoms with Crippen molar-refractivity contribution in [2.75, 3.05) is 0 Å². The van der Waals surface area contributed by atoms with Gasteiger partial charge in [-0.05, 0) is 37.4 Å². The molecule has 0 amide bonds. The number of hydrogen-bond acceptors (Lipinski definition) is 0. The van der Waals surface area contributed by atoms with Crippen molar-refractivity contribution in [1.29, 1.82) is 0 Å². The van der Waals surface area contributed by atoms with Gasteiger partial charge in [-0.1, -0.05) is 31.9 Å². The molecule has 1 aromatic heterocycles. The highest BCUT2D eigenvalue weighted by atomic mass is 14.7. The molecule has 0 atom stereocenters. The Morgan fingerprint density at radius 2 is 1.71 bits per heavy atom. The summed E-state index contributed by atoms with van der Waals surface area (Å²) in [4.78, 5) is 3.29. The lowest BCUT2D eigenvalue weighted by Crippen LogP contribution is -1.70. The minimum atomic E-state index is 1.23. The maximum Gasteiger partial charge on any atom is 0.0456 e. The molecule has 1 N–H and O–H groups in total. The number of hydrogen-bond donors (Lipinski definition) is 1. The zero-order valence-corrected chi connectivity index (χ0v) is 9.52. The molecular formula is C13H19N. The van der Waals surface area contributed by atoms with Crippen molar-refractivity contribution >= 4 is 10.9 Å². The van der Waals surface area contributed by atoms with Crippen molar-refractivity contribution in [3.05, 3.63) is 35.5 Å².